The van der Waals surface area contributed by atoms with Gasteiger partial charge in [0, 0.05) is 5.56 Å². The van der Waals surface area contributed by atoms with E-state index in [2.05, 4.69) is 10.5 Å². The van der Waals surface area contributed by atoms with Gasteiger partial charge >= 0.3 is 5.91 Å². The monoisotopic (exact) mass is 364 g/mol. The molecular weight excluding hydrogens is 344 g/mol. The van der Waals surface area contributed by atoms with Gasteiger partial charge in [-0.05, 0) is 43.3 Å². The number of hydrazone groups is 1. The molecular formula is C21H20N2O4. The van der Waals surface area contributed by atoms with Crippen LogP contribution in [0.1, 0.15) is 28.8 Å². The van der Waals surface area contributed by atoms with Crippen LogP contribution in [0.2, 0.25) is 0 Å². The largest absolute Gasteiger partial charge is 0.497 e. The Balaban J connectivity index is 1.58. The summed E-state index contributed by atoms with van der Waals surface area (Å²) in [5.41, 5.74) is 4.00. The fourth-order valence-electron chi connectivity index (χ4n) is 2.35. The molecule has 0 spiro atoms. The van der Waals surface area contributed by atoms with Crippen LogP contribution in [-0.2, 0) is 6.61 Å². The van der Waals surface area contributed by atoms with E-state index in [1.807, 2.05) is 54.6 Å². The van der Waals surface area contributed by atoms with Gasteiger partial charge in [0.25, 0.3) is 0 Å². The molecule has 3 aromatic rings. The van der Waals surface area contributed by atoms with Gasteiger partial charge in [0.15, 0.2) is 5.76 Å². The Labute approximate surface area is 157 Å². The molecule has 0 saturated heterocycles. The molecule has 0 fully saturated rings. The number of hydrogen-bond donors (Lipinski definition) is 1. The number of amides is 1. The van der Waals surface area contributed by atoms with Gasteiger partial charge in [0.05, 0.1) is 12.8 Å². The van der Waals surface area contributed by atoms with Gasteiger partial charge in [-0.3, -0.25) is 4.79 Å². The van der Waals surface area contributed by atoms with E-state index in [-0.39, 0.29) is 12.4 Å². The molecule has 6 heteroatoms. The third-order valence-electron chi connectivity index (χ3n) is 3.82. The Bertz CT molecular complexity index is 932. The molecule has 0 unspecified atom stereocenters. The second-order valence-electron chi connectivity index (χ2n) is 5.74. The summed E-state index contributed by atoms with van der Waals surface area (Å²) in [6, 6.07) is 20.1. The van der Waals surface area contributed by atoms with Gasteiger partial charge in [0.1, 0.15) is 23.9 Å². The highest BCUT2D eigenvalue weighted by Gasteiger charge is 2.11. The third-order valence-corrected chi connectivity index (χ3v) is 3.82. The summed E-state index contributed by atoms with van der Waals surface area (Å²) in [5, 5.41) is 4.12. The number of carbonyl (C=O) groups is 1. The number of nitrogens with one attached hydrogen (secondary N) is 1. The minimum Gasteiger partial charge on any atom is -0.497 e. The zero-order valence-electron chi connectivity index (χ0n) is 15.1. The molecule has 6 nitrogen and oxygen atoms in total. The predicted octanol–water partition coefficient (Wildman–Crippen LogP) is 4.02. The number of nitrogens with zero attached hydrogens (tertiary/aromatic N) is 1. The fourth-order valence-corrected chi connectivity index (χ4v) is 2.35. The normalized spacial score (nSPS) is 11.1. The van der Waals surface area contributed by atoms with E-state index in [0.29, 0.717) is 11.5 Å². The van der Waals surface area contributed by atoms with E-state index >= 15 is 0 Å². The van der Waals surface area contributed by atoms with Crippen molar-refractivity contribution in [2.24, 2.45) is 5.10 Å². The SMILES string of the molecule is COc1cccc(/C(C)=N\NC(=O)c2ccc(COc3ccccc3)o2)c1. The number of rotatable bonds is 7. The van der Waals surface area contributed by atoms with E-state index in [4.69, 9.17) is 13.9 Å². The molecule has 0 bridgehead atoms. The second kappa shape index (κ2) is 8.71. The number of hydrogen-bond acceptors (Lipinski definition) is 5. The molecule has 0 aliphatic rings. The Morgan fingerprint density at radius 3 is 2.59 bits per heavy atom. The lowest BCUT2D eigenvalue weighted by Crippen LogP contribution is -2.18. The lowest BCUT2D eigenvalue weighted by atomic mass is 10.1. The molecule has 2 aromatic carbocycles. The Morgan fingerprint density at radius 2 is 1.81 bits per heavy atom. The summed E-state index contributed by atoms with van der Waals surface area (Å²) < 4.78 is 16.3. The van der Waals surface area contributed by atoms with Crippen LogP contribution in [0.4, 0.5) is 0 Å². The lowest BCUT2D eigenvalue weighted by Gasteiger charge is -2.04. The zero-order valence-corrected chi connectivity index (χ0v) is 15.1. The summed E-state index contributed by atoms with van der Waals surface area (Å²) in [6.07, 6.45) is 0. The number of methoxy groups -OCH3 is 1. The lowest BCUT2D eigenvalue weighted by molar-refractivity contribution is 0.0923. The average molecular weight is 364 g/mol. The van der Waals surface area contributed by atoms with Crippen LogP contribution in [0, 0.1) is 0 Å². The molecule has 1 N–H and O–H groups in total. The van der Waals surface area contributed by atoms with Crippen molar-refractivity contribution in [2.45, 2.75) is 13.5 Å². The smallest absolute Gasteiger partial charge is 0.307 e. The van der Waals surface area contributed by atoms with Crippen molar-refractivity contribution in [3.63, 3.8) is 0 Å². The average Bonchev–Trinajstić information content (AvgIpc) is 3.20. The van der Waals surface area contributed by atoms with Crippen LogP contribution in [0.5, 0.6) is 11.5 Å². The van der Waals surface area contributed by atoms with Crippen LogP contribution >= 0.6 is 0 Å². The summed E-state index contributed by atoms with van der Waals surface area (Å²) in [6.45, 7) is 2.04. The number of furan rings is 1. The molecule has 0 saturated carbocycles. The van der Waals surface area contributed by atoms with Crippen molar-refractivity contribution >= 4 is 11.6 Å². The number of benzene rings is 2. The van der Waals surface area contributed by atoms with Gasteiger partial charge < -0.3 is 13.9 Å². The molecule has 1 heterocycles. The quantitative estimate of drug-likeness (QED) is 0.508. The summed E-state index contributed by atoms with van der Waals surface area (Å²) in [4.78, 5) is 12.2. The first kappa shape index (κ1) is 18.3. The molecule has 0 aliphatic carbocycles. The maximum Gasteiger partial charge on any atom is 0.307 e. The molecule has 0 aliphatic heterocycles. The predicted molar refractivity (Wildman–Crippen MR) is 102 cm³/mol. The minimum absolute atomic E-state index is 0.170. The van der Waals surface area contributed by atoms with Crippen molar-refractivity contribution in [1.29, 1.82) is 0 Å². The maximum atomic E-state index is 12.2. The second-order valence-corrected chi connectivity index (χ2v) is 5.74. The van der Waals surface area contributed by atoms with Gasteiger partial charge in [-0.25, -0.2) is 5.43 Å². The molecule has 138 valence electrons. The van der Waals surface area contributed by atoms with E-state index in [1.54, 1.807) is 26.2 Å². The van der Waals surface area contributed by atoms with E-state index in [0.717, 1.165) is 17.1 Å². The van der Waals surface area contributed by atoms with Crippen LogP contribution in [0.15, 0.2) is 76.2 Å². The first-order chi connectivity index (χ1) is 13.2. The van der Waals surface area contributed by atoms with Crippen molar-refractivity contribution in [2.75, 3.05) is 7.11 Å². The highest BCUT2D eigenvalue weighted by Crippen LogP contribution is 2.15. The van der Waals surface area contributed by atoms with Gasteiger partial charge in [-0.2, -0.15) is 5.10 Å². The van der Waals surface area contributed by atoms with Crippen LogP contribution in [0.25, 0.3) is 0 Å². The van der Waals surface area contributed by atoms with Crippen molar-refractivity contribution in [3.05, 3.63) is 83.8 Å². The summed E-state index contributed by atoms with van der Waals surface area (Å²) >= 11 is 0. The van der Waals surface area contributed by atoms with E-state index < -0.39 is 5.91 Å². The summed E-state index contributed by atoms with van der Waals surface area (Å²) in [7, 11) is 1.60. The van der Waals surface area contributed by atoms with Gasteiger partial charge in [-0.1, -0.05) is 30.3 Å². The van der Waals surface area contributed by atoms with Crippen molar-refractivity contribution < 1.29 is 18.7 Å². The number of para-hydroxylation sites is 1. The molecule has 27 heavy (non-hydrogen) atoms. The molecule has 0 atom stereocenters. The van der Waals surface area contributed by atoms with Crippen LogP contribution in [0.3, 0.4) is 0 Å². The Kier molecular flexibility index (Phi) is 5.89. The first-order valence-corrected chi connectivity index (χ1v) is 8.41. The molecule has 1 aromatic heterocycles. The standard InChI is InChI=1S/C21H20N2O4/c1-15(16-7-6-10-18(13-16)25-2)22-23-21(24)20-12-11-19(27-20)14-26-17-8-4-3-5-9-17/h3-13H,14H2,1-2H3,(H,23,24)/b22-15-. The topological polar surface area (TPSA) is 73.1 Å². The maximum absolute atomic E-state index is 12.2. The fraction of sp³-hybridized carbons (Fsp3) is 0.143. The first-order valence-electron chi connectivity index (χ1n) is 8.41. The molecule has 0 radical (unpaired) electrons. The highest BCUT2D eigenvalue weighted by atomic mass is 16.5. The van der Waals surface area contributed by atoms with Gasteiger partial charge in [-0.15, -0.1) is 0 Å². The minimum atomic E-state index is -0.428. The molecule has 3 rings (SSSR count). The van der Waals surface area contributed by atoms with Crippen molar-refractivity contribution in [3.8, 4) is 11.5 Å². The Morgan fingerprint density at radius 1 is 1.04 bits per heavy atom. The van der Waals surface area contributed by atoms with Gasteiger partial charge in [0.2, 0.25) is 0 Å². The third kappa shape index (κ3) is 4.98. The summed E-state index contributed by atoms with van der Waals surface area (Å²) in [5.74, 6) is 1.76. The highest BCUT2D eigenvalue weighted by molar-refractivity contribution is 6.00. The van der Waals surface area contributed by atoms with Crippen LogP contribution in [-0.4, -0.2) is 18.7 Å². The Hall–Kier alpha value is -3.54. The number of carbonyl (C=O) groups excluding carboxylic acids is 1. The van der Waals surface area contributed by atoms with E-state index in [9.17, 15) is 4.79 Å². The van der Waals surface area contributed by atoms with Crippen molar-refractivity contribution in [1.82, 2.24) is 5.43 Å². The molecule has 1 amide bonds. The van der Waals surface area contributed by atoms with Crippen LogP contribution < -0.4 is 14.9 Å². The number of ether oxygens (including phenoxy) is 2. The van der Waals surface area contributed by atoms with E-state index in [1.165, 1.54) is 0 Å². The zero-order chi connectivity index (χ0) is 19.1.